The van der Waals surface area contributed by atoms with E-state index < -0.39 is 0 Å². The van der Waals surface area contributed by atoms with E-state index in [4.69, 9.17) is 32.2 Å². The standard InChI is InChI=1S/C14H11Br2ClN2O2/c1-20-11-5-8(16)12(6-7(11)15)21-10-4-2-3-9(17)13(10)14(18)19/h2-6H,1H3,(H3,18,19). The highest BCUT2D eigenvalue weighted by Crippen LogP contribution is 2.39. The average Bonchev–Trinajstić information content (AvgIpc) is 2.42. The lowest BCUT2D eigenvalue weighted by Crippen LogP contribution is -2.13. The van der Waals surface area contributed by atoms with Gasteiger partial charge in [0, 0.05) is 0 Å². The van der Waals surface area contributed by atoms with Gasteiger partial charge in [-0.2, -0.15) is 0 Å². The summed E-state index contributed by atoms with van der Waals surface area (Å²) in [6, 6.07) is 8.62. The number of nitrogen functional groups attached to an aromatic ring is 1. The van der Waals surface area contributed by atoms with E-state index in [0.717, 1.165) is 4.47 Å². The molecule has 2 aromatic carbocycles. The number of nitrogens with one attached hydrogen (secondary N) is 1. The highest BCUT2D eigenvalue weighted by atomic mass is 79.9. The van der Waals surface area contributed by atoms with Gasteiger partial charge in [0.2, 0.25) is 0 Å². The topological polar surface area (TPSA) is 68.3 Å². The molecule has 21 heavy (non-hydrogen) atoms. The molecule has 0 spiro atoms. The molecule has 0 aliphatic heterocycles. The van der Waals surface area contributed by atoms with Crippen molar-refractivity contribution in [2.75, 3.05) is 7.11 Å². The third kappa shape index (κ3) is 3.51. The van der Waals surface area contributed by atoms with Crippen molar-refractivity contribution >= 4 is 49.3 Å². The molecule has 4 nitrogen and oxygen atoms in total. The number of nitrogens with two attached hydrogens (primary N) is 1. The van der Waals surface area contributed by atoms with E-state index in [-0.39, 0.29) is 5.84 Å². The maximum absolute atomic E-state index is 7.62. The quantitative estimate of drug-likeness (QED) is 0.529. The molecule has 0 fully saturated rings. The maximum Gasteiger partial charge on any atom is 0.143 e. The summed E-state index contributed by atoms with van der Waals surface area (Å²) in [5, 5.41) is 7.98. The molecule has 0 bridgehead atoms. The molecule has 0 radical (unpaired) electrons. The lowest BCUT2D eigenvalue weighted by atomic mass is 10.2. The van der Waals surface area contributed by atoms with Crippen LogP contribution in [-0.4, -0.2) is 12.9 Å². The molecular formula is C14H11Br2ClN2O2. The van der Waals surface area contributed by atoms with Crippen LogP contribution in [0, 0.1) is 5.41 Å². The summed E-state index contributed by atoms with van der Waals surface area (Å²) in [6.07, 6.45) is 0. The molecule has 110 valence electrons. The van der Waals surface area contributed by atoms with E-state index in [1.807, 2.05) is 0 Å². The zero-order valence-corrected chi connectivity index (χ0v) is 14.8. The number of rotatable bonds is 4. The lowest BCUT2D eigenvalue weighted by Gasteiger charge is -2.14. The number of amidine groups is 1. The summed E-state index contributed by atoms with van der Waals surface area (Å²) in [7, 11) is 1.58. The van der Waals surface area contributed by atoms with Gasteiger partial charge in [-0.3, -0.25) is 5.41 Å². The van der Waals surface area contributed by atoms with Crippen LogP contribution in [0.15, 0.2) is 39.3 Å². The zero-order valence-electron chi connectivity index (χ0n) is 10.9. The zero-order chi connectivity index (χ0) is 15.6. The van der Waals surface area contributed by atoms with Crippen LogP contribution in [0.1, 0.15) is 5.56 Å². The first-order valence-corrected chi connectivity index (χ1v) is 7.74. The van der Waals surface area contributed by atoms with Crippen LogP contribution in [0.3, 0.4) is 0 Å². The fourth-order valence-electron chi connectivity index (χ4n) is 1.71. The van der Waals surface area contributed by atoms with Crippen LogP contribution in [0.2, 0.25) is 5.02 Å². The Balaban J connectivity index is 2.46. The second-order valence-corrected chi connectivity index (χ2v) is 6.16. The first-order valence-electron chi connectivity index (χ1n) is 5.77. The van der Waals surface area contributed by atoms with E-state index in [1.54, 1.807) is 37.4 Å². The molecule has 2 rings (SSSR count). The van der Waals surface area contributed by atoms with Gasteiger partial charge < -0.3 is 15.2 Å². The van der Waals surface area contributed by atoms with Gasteiger partial charge in [0.25, 0.3) is 0 Å². The first-order chi connectivity index (χ1) is 9.93. The smallest absolute Gasteiger partial charge is 0.143 e. The molecule has 3 N–H and O–H groups in total. The minimum atomic E-state index is -0.153. The predicted molar refractivity (Wildman–Crippen MR) is 90.9 cm³/mol. The number of ether oxygens (including phenoxy) is 2. The molecule has 0 aromatic heterocycles. The Hall–Kier alpha value is -1.24. The molecule has 0 unspecified atom stereocenters. The normalized spacial score (nSPS) is 10.3. The Morgan fingerprint density at radius 2 is 1.76 bits per heavy atom. The van der Waals surface area contributed by atoms with Gasteiger partial charge in [0.15, 0.2) is 0 Å². The number of halogens is 3. The van der Waals surface area contributed by atoms with E-state index in [0.29, 0.717) is 32.3 Å². The molecule has 2 aromatic rings. The average molecular weight is 435 g/mol. The van der Waals surface area contributed by atoms with Gasteiger partial charge in [-0.25, -0.2) is 0 Å². The summed E-state index contributed by atoms with van der Waals surface area (Å²) < 4.78 is 12.5. The Kier molecular flexibility index (Phi) is 5.13. The number of methoxy groups -OCH3 is 1. The minimum Gasteiger partial charge on any atom is -0.496 e. The third-order valence-corrected chi connectivity index (χ3v) is 4.23. The van der Waals surface area contributed by atoms with Crippen molar-refractivity contribution < 1.29 is 9.47 Å². The second-order valence-electron chi connectivity index (χ2n) is 4.05. The summed E-state index contributed by atoms with van der Waals surface area (Å²) in [6.45, 7) is 0. The summed E-state index contributed by atoms with van der Waals surface area (Å²) in [4.78, 5) is 0. The van der Waals surface area contributed by atoms with Gasteiger partial charge in [-0.1, -0.05) is 17.7 Å². The molecule has 0 saturated carbocycles. The summed E-state index contributed by atoms with van der Waals surface area (Å²) >= 11 is 12.9. The van der Waals surface area contributed by atoms with Crippen molar-refractivity contribution in [2.45, 2.75) is 0 Å². The second kappa shape index (κ2) is 6.68. The predicted octanol–water partition coefficient (Wildman–Crippen LogP) is 4.95. The van der Waals surface area contributed by atoms with Crippen molar-refractivity contribution in [3.05, 3.63) is 49.9 Å². The van der Waals surface area contributed by atoms with Crippen LogP contribution >= 0.6 is 43.5 Å². The van der Waals surface area contributed by atoms with E-state index in [9.17, 15) is 0 Å². The van der Waals surface area contributed by atoms with Crippen LogP contribution in [0.4, 0.5) is 0 Å². The van der Waals surface area contributed by atoms with Gasteiger partial charge in [0.1, 0.15) is 23.1 Å². The highest BCUT2D eigenvalue weighted by Gasteiger charge is 2.15. The van der Waals surface area contributed by atoms with Gasteiger partial charge >= 0.3 is 0 Å². The summed E-state index contributed by atoms with van der Waals surface area (Å²) in [5.41, 5.74) is 5.92. The Labute approximate surface area is 144 Å². The van der Waals surface area contributed by atoms with E-state index in [2.05, 4.69) is 31.9 Å². The van der Waals surface area contributed by atoms with Crippen LogP contribution < -0.4 is 15.2 Å². The highest BCUT2D eigenvalue weighted by molar-refractivity contribution is 9.11. The maximum atomic E-state index is 7.62. The minimum absolute atomic E-state index is 0.153. The molecule has 0 aliphatic carbocycles. The van der Waals surface area contributed by atoms with E-state index >= 15 is 0 Å². The fourth-order valence-corrected chi connectivity index (χ4v) is 2.87. The van der Waals surface area contributed by atoms with Crippen molar-refractivity contribution in [3.8, 4) is 17.2 Å². The van der Waals surface area contributed by atoms with E-state index in [1.165, 1.54) is 0 Å². The Morgan fingerprint density at radius 3 is 2.38 bits per heavy atom. The van der Waals surface area contributed by atoms with Crippen LogP contribution in [0.5, 0.6) is 17.2 Å². The Morgan fingerprint density at radius 1 is 1.14 bits per heavy atom. The SMILES string of the molecule is COc1cc(Br)c(Oc2cccc(Cl)c2C(=N)N)cc1Br. The van der Waals surface area contributed by atoms with Crippen molar-refractivity contribution in [2.24, 2.45) is 5.73 Å². The molecule has 0 aliphatic rings. The number of hydrogen-bond acceptors (Lipinski definition) is 3. The van der Waals surface area contributed by atoms with Crippen molar-refractivity contribution in [1.29, 1.82) is 5.41 Å². The largest absolute Gasteiger partial charge is 0.496 e. The molecule has 0 atom stereocenters. The lowest BCUT2D eigenvalue weighted by molar-refractivity contribution is 0.409. The molecule has 7 heteroatoms. The van der Waals surface area contributed by atoms with Gasteiger partial charge in [0.05, 0.1) is 26.6 Å². The van der Waals surface area contributed by atoms with Gasteiger partial charge in [-0.05, 0) is 56.1 Å². The monoisotopic (exact) mass is 432 g/mol. The van der Waals surface area contributed by atoms with Crippen molar-refractivity contribution in [3.63, 3.8) is 0 Å². The van der Waals surface area contributed by atoms with Crippen molar-refractivity contribution in [1.82, 2.24) is 0 Å². The molecule has 0 saturated heterocycles. The fraction of sp³-hybridized carbons (Fsp3) is 0.0714. The first kappa shape index (κ1) is 16.1. The third-order valence-electron chi connectivity index (χ3n) is 2.67. The Bertz CT molecular complexity index is 708. The molecular weight excluding hydrogens is 423 g/mol. The molecule has 0 heterocycles. The number of hydrogen-bond donors (Lipinski definition) is 2. The van der Waals surface area contributed by atoms with Gasteiger partial charge in [-0.15, -0.1) is 0 Å². The van der Waals surface area contributed by atoms with Crippen LogP contribution in [-0.2, 0) is 0 Å². The summed E-state index contributed by atoms with van der Waals surface area (Å²) in [5.74, 6) is 1.48. The molecule has 0 amide bonds. The van der Waals surface area contributed by atoms with Crippen LogP contribution in [0.25, 0.3) is 0 Å². The number of benzene rings is 2.